The van der Waals surface area contributed by atoms with Gasteiger partial charge in [0.2, 0.25) is 0 Å². The van der Waals surface area contributed by atoms with E-state index in [0.717, 1.165) is 31.9 Å². The summed E-state index contributed by atoms with van der Waals surface area (Å²) >= 11 is 0. The molecule has 0 spiro atoms. The van der Waals surface area contributed by atoms with Gasteiger partial charge in [0.1, 0.15) is 18.4 Å². The molecule has 1 saturated heterocycles. The Morgan fingerprint density at radius 1 is 1.21 bits per heavy atom. The molecule has 1 aliphatic heterocycles. The summed E-state index contributed by atoms with van der Waals surface area (Å²) < 4.78 is 5.78. The summed E-state index contributed by atoms with van der Waals surface area (Å²) in [6, 6.07) is 12.4. The average Bonchev–Trinajstić information content (AvgIpc) is 2.64. The number of hydrogen-bond acceptors (Lipinski definition) is 6. The van der Waals surface area contributed by atoms with Crippen LogP contribution in [0.1, 0.15) is 12.6 Å². The first-order valence-corrected chi connectivity index (χ1v) is 8.16. The SMILES string of the molecule is C[C@@H]1CN(c2nccnc2C#N)CCN1CCOc1ccccc1. The van der Waals surface area contributed by atoms with E-state index in [1.165, 1.54) is 0 Å². The second kappa shape index (κ2) is 7.75. The Balaban J connectivity index is 1.53. The molecule has 0 radical (unpaired) electrons. The van der Waals surface area contributed by atoms with Crippen molar-refractivity contribution in [1.29, 1.82) is 5.26 Å². The van der Waals surface area contributed by atoms with Crippen molar-refractivity contribution >= 4 is 5.82 Å². The van der Waals surface area contributed by atoms with Crippen LogP contribution in [0, 0.1) is 11.3 Å². The van der Waals surface area contributed by atoms with Crippen molar-refractivity contribution in [2.24, 2.45) is 0 Å². The van der Waals surface area contributed by atoms with Crippen LogP contribution in [-0.4, -0.2) is 53.7 Å². The fourth-order valence-electron chi connectivity index (χ4n) is 2.96. The summed E-state index contributed by atoms with van der Waals surface area (Å²) in [4.78, 5) is 13.0. The van der Waals surface area contributed by atoms with Crippen LogP contribution in [0.5, 0.6) is 5.75 Å². The number of para-hydroxylation sites is 1. The van der Waals surface area contributed by atoms with Crippen LogP contribution < -0.4 is 9.64 Å². The van der Waals surface area contributed by atoms with Gasteiger partial charge in [0.05, 0.1) is 0 Å². The molecule has 1 atom stereocenters. The van der Waals surface area contributed by atoms with Crippen molar-refractivity contribution in [2.75, 3.05) is 37.7 Å². The minimum atomic E-state index is 0.367. The lowest BCUT2D eigenvalue weighted by molar-refractivity contribution is 0.154. The Bertz CT molecular complexity index is 700. The van der Waals surface area contributed by atoms with E-state index >= 15 is 0 Å². The van der Waals surface area contributed by atoms with Crippen LogP contribution in [0.2, 0.25) is 0 Å². The number of aromatic nitrogens is 2. The number of hydrogen-bond donors (Lipinski definition) is 0. The lowest BCUT2D eigenvalue weighted by Crippen LogP contribution is -2.53. The smallest absolute Gasteiger partial charge is 0.183 e. The van der Waals surface area contributed by atoms with Crippen molar-refractivity contribution in [1.82, 2.24) is 14.9 Å². The normalized spacial score (nSPS) is 18.2. The molecule has 1 aromatic heterocycles. The Morgan fingerprint density at radius 2 is 2.00 bits per heavy atom. The lowest BCUT2D eigenvalue weighted by atomic mass is 10.2. The van der Waals surface area contributed by atoms with E-state index in [0.29, 0.717) is 24.2 Å². The van der Waals surface area contributed by atoms with Crippen LogP contribution >= 0.6 is 0 Å². The molecule has 0 bridgehead atoms. The van der Waals surface area contributed by atoms with Crippen molar-refractivity contribution in [3.05, 3.63) is 48.4 Å². The first-order chi connectivity index (χ1) is 11.8. The van der Waals surface area contributed by atoms with Crippen molar-refractivity contribution in [3.63, 3.8) is 0 Å². The lowest BCUT2D eigenvalue weighted by Gasteiger charge is -2.40. The zero-order chi connectivity index (χ0) is 16.8. The molecule has 1 aromatic carbocycles. The zero-order valence-corrected chi connectivity index (χ0v) is 13.8. The molecule has 0 amide bonds. The van der Waals surface area contributed by atoms with Crippen LogP contribution in [0.4, 0.5) is 5.82 Å². The summed E-state index contributed by atoms with van der Waals surface area (Å²) in [5, 5.41) is 9.19. The van der Waals surface area contributed by atoms with Gasteiger partial charge >= 0.3 is 0 Å². The van der Waals surface area contributed by atoms with E-state index < -0.39 is 0 Å². The van der Waals surface area contributed by atoms with E-state index in [1.54, 1.807) is 12.4 Å². The summed E-state index contributed by atoms with van der Waals surface area (Å²) in [7, 11) is 0. The first-order valence-electron chi connectivity index (χ1n) is 8.16. The molecule has 0 N–H and O–H groups in total. The van der Waals surface area contributed by atoms with Crippen molar-refractivity contribution in [2.45, 2.75) is 13.0 Å². The molecule has 0 aliphatic carbocycles. The number of anilines is 1. The minimum absolute atomic E-state index is 0.367. The fourth-order valence-corrected chi connectivity index (χ4v) is 2.96. The monoisotopic (exact) mass is 323 g/mol. The second-order valence-corrected chi connectivity index (χ2v) is 5.83. The summed E-state index contributed by atoms with van der Waals surface area (Å²) in [6.07, 6.45) is 3.20. The third-order valence-corrected chi connectivity index (χ3v) is 4.24. The highest BCUT2D eigenvalue weighted by Crippen LogP contribution is 2.19. The maximum Gasteiger partial charge on any atom is 0.183 e. The fraction of sp³-hybridized carbons (Fsp3) is 0.389. The quantitative estimate of drug-likeness (QED) is 0.838. The van der Waals surface area contributed by atoms with E-state index in [2.05, 4.69) is 32.8 Å². The number of benzene rings is 1. The van der Waals surface area contributed by atoms with Crippen molar-refractivity contribution < 1.29 is 4.74 Å². The van der Waals surface area contributed by atoms with Gasteiger partial charge in [-0.1, -0.05) is 18.2 Å². The van der Waals surface area contributed by atoms with Crippen LogP contribution in [0.25, 0.3) is 0 Å². The highest BCUT2D eigenvalue weighted by Gasteiger charge is 2.25. The zero-order valence-electron chi connectivity index (χ0n) is 13.8. The molecular formula is C18H21N5O. The first kappa shape index (κ1) is 16.2. The summed E-state index contributed by atoms with van der Waals surface area (Å²) in [5.41, 5.74) is 0.394. The predicted octanol–water partition coefficient (Wildman–Crippen LogP) is 1.94. The number of piperazine rings is 1. The molecule has 3 rings (SSSR count). The third kappa shape index (κ3) is 3.81. The van der Waals surface area contributed by atoms with Crippen LogP contribution in [0.15, 0.2) is 42.7 Å². The molecule has 1 aliphatic rings. The standard InChI is InChI=1S/C18H21N5O/c1-15-14-23(18-17(13-19)20-7-8-21-18)10-9-22(15)11-12-24-16-5-3-2-4-6-16/h2-8,15H,9-12,14H2,1H3/t15-/m1/s1. The molecule has 0 unspecified atom stereocenters. The van der Waals surface area contributed by atoms with Gasteiger partial charge in [-0.05, 0) is 19.1 Å². The van der Waals surface area contributed by atoms with Gasteiger partial charge in [0, 0.05) is 44.6 Å². The van der Waals surface area contributed by atoms with E-state index in [4.69, 9.17) is 4.74 Å². The van der Waals surface area contributed by atoms with Crippen molar-refractivity contribution in [3.8, 4) is 11.8 Å². The summed E-state index contributed by atoms with van der Waals surface area (Å²) in [5.74, 6) is 1.59. The van der Waals surface area contributed by atoms with Gasteiger partial charge in [-0.3, -0.25) is 4.90 Å². The Labute approximate surface area is 142 Å². The maximum absolute atomic E-state index is 9.19. The van der Waals surface area contributed by atoms with Gasteiger partial charge in [-0.15, -0.1) is 0 Å². The van der Waals surface area contributed by atoms with Gasteiger partial charge in [0.15, 0.2) is 11.5 Å². The molecule has 124 valence electrons. The Morgan fingerprint density at radius 3 is 2.75 bits per heavy atom. The van der Waals surface area contributed by atoms with Gasteiger partial charge < -0.3 is 9.64 Å². The Hall–Kier alpha value is -2.65. The van der Waals surface area contributed by atoms with Crippen LogP contribution in [-0.2, 0) is 0 Å². The summed E-state index contributed by atoms with van der Waals surface area (Å²) in [6.45, 7) is 6.33. The molecule has 0 saturated carbocycles. The van der Waals surface area contributed by atoms with Gasteiger partial charge in [-0.25, -0.2) is 9.97 Å². The Kier molecular flexibility index (Phi) is 5.24. The molecule has 2 aromatic rings. The molecular weight excluding hydrogens is 302 g/mol. The largest absolute Gasteiger partial charge is 0.492 e. The number of nitriles is 1. The number of ether oxygens (including phenoxy) is 1. The molecule has 6 heteroatoms. The van der Waals surface area contributed by atoms with E-state index in [-0.39, 0.29) is 0 Å². The average molecular weight is 323 g/mol. The van der Waals surface area contributed by atoms with Gasteiger partial charge in [-0.2, -0.15) is 5.26 Å². The van der Waals surface area contributed by atoms with Gasteiger partial charge in [0.25, 0.3) is 0 Å². The molecule has 2 heterocycles. The molecule has 1 fully saturated rings. The molecule has 6 nitrogen and oxygen atoms in total. The van der Waals surface area contributed by atoms with Crippen LogP contribution in [0.3, 0.4) is 0 Å². The second-order valence-electron chi connectivity index (χ2n) is 5.83. The predicted molar refractivity (Wildman–Crippen MR) is 91.9 cm³/mol. The maximum atomic E-state index is 9.19. The van der Waals surface area contributed by atoms with E-state index in [1.807, 2.05) is 30.3 Å². The highest BCUT2D eigenvalue weighted by molar-refractivity contribution is 5.49. The highest BCUT2D eigenvalue weighted by atomic mass is 16.5. The minimum Gasteiger partial charge on any atom is -0.492 e. The number of nitrogens with zero attached hydrogens (tertiary/aromatic N) is 5. The molecule has 24 heavy (non-hydrogen) atoms. The van der Waals surface area contributed by atoms with E-state index in [9.17, 15) is 5.26 Å². The number of rotatable bonds is 5. The topological polar surface area (TPSA) is 65.3 Å². The third-order valence-electron chi connectivity index (χ3n) is 4.24.